The summed E-state index contributed by atoms with van der Waals surface area (Å²) in [4.78, 5) is 0. The quantitative estimate of drug-likeness (QED) is 0.369. The molecule has 37 valence electrons. The Kier molecular flexibility index (Phi) is 2.11. The Morgan fingerprint density at radius 2 is 1.83 bits per heavy atom. The van der Waals surface area contributed by atoms with Gasteiger partial charge in [0.25, 0.3) is 0 Å². The molecule has 0 aromatic heterocycles. The Morgan fingerprint density at radius 1 is 1.67 bits per heavy atom. The van der Waals surface area contributed by atoms with Crippen molar-refractivity contribution in [1.29, 1.82) is 0 Å². The molecule has 0 fully saturated rings. The minimum absolute atomic E-state index is 0.549. The number of hydrogen-bond donors (Lipinski definition) is 0. The summed E-state index contributed by atoms with van der Waals surface area (Å²) in [5.74, 6) is 0. The molecule has 0 aromatic carbocycles. The third kappa shape index (κ3) is 4.47. The lowest BCUT2D eigenvalue weighted by Gasteiger charge is -2.05. The summed E-state index contributed by atoms with van der Waals surface area (Å²) in [6, 6.07) is 0. The number of nitrogens with one attached hydrogen (secondary N) is 1. The average molecular weight is 123 g/mol. The fourth-order valence-electron chi connectivity index (χ4n) is 0. The lowest BCUT2D eigenvalue weighted by molar-refractivity contribution is 1.51. The summed E-state index contributed by atoms with van der Waals surface area (Å²) in [6.45, 7) is 3.83. The zero-order valence-corrected chi connectivity index (χ0v) is 5.84. The fraction of sp³-hybridized carbons (Fsp3) is 1.00. The molecule has 6 heavy (non-hydrogen) atoms. The van der Waals surface area contributed by atoms with Crippen LogP contribution in [0.25, 0.3) is 0 Å². The van der Waals surface area contributed by atoms with Gasteiger partial charge in [-0.15, -0.1) is 11.6 Å². The van der Waals surface area contributed by atoms with E-state index in [1.54, 1.807) is 0 Å². The summed E-state index contributed by atoms with van der Waals surface area (Å²) >= 11 is 5.35. The average Bonchev–Trinajstić information content (AvgIpc) is 1.35. The molecule has 0 saturated carbocycles. The van der Waals surface area contributed by atoms with Crippen LogP contribution in [0.1, 0.15) is 0 Å². The fourth-order valence-corrected chi connectivity index (χ4v) is 0. The van der Waals surface area contributed by atoms with Gasteiger partial charge in [0, 0.05) is 5.50 Å². The molecule has 0 aliphatic rings. The third-order valence-corrected chi connectivity index (χ3v) is 3.01. The van der Waals surface area contributed by atoms with Crippen LogP contribution >= 0.6 is 11.6 Å². The number of rotatable bonds is 1. The molecule has 1 N–H and O–H groups in total. The zero-order chi connectivity index (χ0) is 5.21. The molecule has 0 amide bonds. The molecule has 0 unspecified atom stereocenters. The van der Waals surface area contributed by atoms with Crippen LogP contribution in [-0.4, -0.2) is 13.7 Å². The zero-order valence-electron chi connectivity index (χ0n) is 4.09. The monoisotopic (exact) mass is 122 g/mol. The van der Waals surface area contributed by atoms with Gasteiger partial charge in [-0.3, -0.25) is 5.40 Å². The lowest BCUT2D eigenvalue weighted by atomic mass is 11.8. The van der Waals surface area contributed by atoms with Gasteiger partial charge >= 0.3 is 0 Å². The molecule has 0 rings (SSSR count). The predicted molar refractivity (Wildman–Crippen MR) is 31.3 cm³/mol. The SMILES string of the molecule is C[Si](C)([NH])CCl. The summed E-state index contributed by atoms with van der Waals surface area (Å²) in [6.07, 6.45) is 0. The van der Waals surface area contributed by atoms with E-state index in [0.29, 0.717) is 5.50 Å². The van der Waals surface area contributed by atoms with Crippen molar-refractivity contribution in [2.24, 2.45) is 0 Å². The van der Waals surface area contributed by atoms with Crippen LogP contribution in [0.2, 0.25) is 13.1 Å². The van der Waals surface area contributed by atoms with Crippen LogP contribution < -0.4 is 5.40 Å². The van der Waals surface area contributed by atoms with Crippen molar-refractivity contribution in [3.8, 4) is 0 Å². The van der Waals surface area contributed by atoms with Crippen LogP contribution in [0, 0.1) is 0 Å². The van der Waals surface area contributed by atoms with Crippen molar-refractivity contribution in [3.63, 3.8) is 0 Å². The first-order valence-electron chi connectivity index (χ1n) is 1.87. The second-order valence-corrected chi connectivity index (χ2v) is 6.85. The van der Waals surface area contributed by atoms with E-state index in [2.05, 4.69) is 0 Å². The Hall–Kier alpha value is 0.467. The van der Waals surface area contributed by atoms with E-state index >= 15 is 0 Å². The van der Waals surface area contributed by atoms with Gasteiger partial charge in [0.15, 0.2) is 0 Å². The minimum atomic E-state index is -1.62. The van der Waals surface area contributed by atoms with E-state index in [-0.39, 0.29) is 0 Å². The van der Waals surface area contributed by atoms with Crippen molar-refractivity contribution in [1.82, 2.24) is 5.40 Å². The summed E-state index contributed by atoms with van der Waals surface area (Å²) in [5.41, 5.74) is 0.549. The molecule has 0 atom stereocenters. The number of hydrogen-bond acceptors (Lipinski definition) is 0. The lowest BCUT2D eigenvalue weighted by Crippen LogP contribution is -2.30. The largest absolute Gasteiger partial charge is 0.284 e. The Morgan fingerprint density at radius 3 is 1.83 bits per heavy atom. The molecular weight excluding hydrogens is 114 g/mol. The van der Waals surface area contributed by atoms with Gasteiger partial charge in [-0.2, -0.15) is 0 Å². The first kappa shape index (κ1) is 6.47. The molecular formula is C3H9ClNSi. The van der Waals surface area contributed by atoms with E-state index < -0.39 is 8.24 Å². The number of halogens is 1. The Labute approximate surface area is 44.6 Å². The highest BCUT2D eigenvalue weighted by Crippen LogP contribution is 1.94. The molecule has 0 aromatic rings. The van der Waals surface area contributed by atoms with Crippen LogP contribution in [-0.2, 0) is 0 Å². The Balaban J connectivity index is 3.17. The maximum Gasteiger partial charge on any atom is 0.149 e. The molecule has 1 nitrogen and oxygen atoms in total. The van der Waals surface area contributed by atoms with Crippen molar-refractivity contribution >= 4 is 19.8 Å². The maximum atomic E-state index is 7.19. The topological polar surface area (TPSA) is 23.8 Å². The van der Waals surface area contributed by atoms with Gasteiger partial charge in [0.05, 0.1) is 0 Å². The Bertz CT molecular complexity index is 40.5. The molecule has 0 spiro atoms. The van der Waals surface area contributed by atoms with Gasteiger partial charge in [-0.25, -0.2) is 0 Å². The third-order valence-electron chi connectivity index (χ3n) is 0.334. The van der Waals surface area contributed by atoms with Crippen molar-refractivity contribution in [2.75, 3.05) is 5.50 Å². The molecule has 0 aliphatic carbocycles. The van der Waals surface area contributed by atoms with Crippen molar-refractivity contribution < 1.29 is 0 Å². The van der Waals surface area contributed by atoms with Crippen molar-refractivity contribution in [2.45, 2.75) is 13.1 Å². The first-order valence-corrected chi connectivity index (χ1v) is 5.61. The molecule has 0 aliphatic heterocycles. The first-order chi connectivity index (χ1) is 2.56. The maximum absolute atomic E-state index is 7.19. The summed E-state index contributed by atoms with van der Waals surface area (Å²) < 4.78 is 0. The van der Waals surface area contributed by atoms with Gasteiger partial charge in [0.2, 0.25) is 0 Å². The van der Waals surface area contributed by atoms with Crippen molar-refractivity contribution in [3.05, 3.63) is 0 Å². The smallest absolute Gasteiger partial charge is 0.149 e. The van der Waals surface area contributed by atoms with E-state index in [9.17, 15) is 0 Å². The molecule has 3 heteroatoms. The van der Waals surface area contributed by atoms with Crippen LogP contribution in [0.3, 0.4) is 0 Å². The highest BCUT2D eigenvalue weighted by Gasteiger charge is 2.11. The number of alkyl halides is 1. The van der Waals surface area contributed by atoms with Gasteiger partial charge in [-0.1, -0.05) is 13.1 Å². The van der Waals surface area contributed by atoms with E-state index in [1.165, 1.54) is 0 Å². The summed E-state index contributed by atoms with van der Waals surface area (Å²) in [7, 11) is -1.62. The summed E-state index contributed by atoms with van der Waals surface area (Å²) in [5, 5.41) is 7.19. The highest BCUT2D eigenvalue weighted by atomic mass is 35.5. The standard InChI is InChI=1S/C3H9ClNSi/c1-6(2,5)3-4/h5H,3H2,1-2H3. The minimum Gasteiger partial charge on any atom is -0.284 e. The van der Waals surface area contributed by atoms with E-state index in [0.717, 1.165) is 0 Å². The van der Waals surface area contributed by atoms with Gasteiger partial charge in [0.1, 0.15) is 8.24 Å². The molecule has 0 heterocycles. The van der Waals surface area contributed by atoms with Crippen LogP contribution in [0.4, 0.5) is 0 Å². The van der Waals surface area contributed by atoms with E-state index in [4.69, 9.17) is 17.0 Å². The second kappa shape index (κ2) is 1.96. The van der Waals surface area contributed by atoms with Crippen LogP contribution in [0.5, 0.6) is 0 Å². The predicted octanol–water partition coefficient (Wildman–Crippen LogP) is 1.25. The van der Waals surface area contributed by atoms with Gasteiger partial charge in [-0.05, 0) is 0 Å². The second-order valence-electron chi connectivity index (χ2n) is 2.02. The normalized spacial score (nSPS) is 12.0. The molecule has 0 saturated heterocycles. The van der Waals surface area contributed by atoms with Gasteiger partial charge < -0.3 is 0 Å². The molecule has 1 radical (unpaired) electrons. The van der Waals surface area contributed by atoms with Crippen LogP contribution in [0.15, 0.2) is 0 Å². The molecule has 0 bridgehead atoms. The van der Waals surface area contributed by atoms with E-state index in [1.807, 2.05) is 13.1 Å². The highest BCUT2D eigenvalue weighted by molar-refractivity contribution is 6.79.